The van der Waals surface area contributed by atoms with Crippen LogP contribution in [0.4, 0.5) is 5.69 Å². The number of rotatable bonds is 7. The highest BCUT2D eigenvalue weighted by Crippen LogP contribution is 2.31. The molecule has 0 bridgehead atoms. The van der Waals surface area contributed by atoms with Crippen LogP contribution >= 0.6 is 0 Å². The van der Waals surface area contributed by atoms with Crippen LogP contribution in [0.15, 0.2) is 30.9 Å². The lowest BCUT2D eigenvalue weighted by Gasteiger charge is -2.20. The Labute approximate surface area is 192 Å². The number of aromatic nitrogens is 4. The van der Waals surface area contributed by atoms with E-state index in [1.807, 2.05) is 25.4 Å². The second kappa shape index (κ2) is 8.12. The number of nitrogens with two attached hydrogens (primary N) is 1. The second-order valence-electron chi connectivity index (χ2n) is 9.40. The molecule has 3 aromatic rings. The molecule has 0 saturated carbocycles. The fourth-order valence-corrected chi connectivity index (χ4v) is 5.05. The minimum absolute atomic E-state index is 0.0307. The molecule has 4 heterocycles. The van der Waals surface area contributed by atoms with Gasteiger partial charge in [-0.1, -0.05) is 6.92 Å². The van der Waals surface area contributed by atoms with Crippen LogP contribution in [0.3, 0.4) is 0 Å². The van der Waals surface area contributed by atoms with Crippen molar-refractivity contribution in [1.29, 1.82) is 0 Å². The topological polar surface area (TPSA) is 148 Å². The number of carbonyl (C=O) groups excluding carboxylic acids is 1. The van der Waals surface area contributed by atoms with E-state index in [9.17, 15) is 18.3 Å². The molecule has 1 aliphatic heterocycles. The number of amides is 1. The lowest BCUT2D eigenvalue weighted by atomic mass is 10.1. The minimum atomic E-state index is -3.32. The molecule has 12 heteroatoms. The Balaban J connectivity index is 1.71. The quantitative estimate of drug-likeness (QED) is 0.457. The van der Waals surface area contributed by atoms with E-state index in [1.165, 1.54) is 16.8 Å². The van der Waals surface area contributed by atoms with E-state index >= 15 is 0 Å². The number of hydrogen-bond acceptors (Lipinski definition) is 7. The molecule has 0 spiro atoms. The first-order valence-electron chi connectivity index (χ1n) is 10.6. The summed E-state index contributed by atoms with van der Waals surface area (Å²) in [6, 6.07) is 1.68. The summed E-state index contributed by atoms with van der Waals surface area (Å²) in [7, 11) is -3.32. The fourth-order valence-electron chi connectivity index (χ4n) is 4.12. The molecule has 1 fully saturated rings. The molecule has 1 saturated heterocycles. The van der Waals surface area contributed by atoms with Gasteiger partial charge in [-0.15, -0.1) is 0 Å². The van der Waals surface area contributed by atoms with Gasteiger partial charge in [-0.2, -0.15) is 14.5 Å². The summed E-state index contributed by atoms with van der Waals surface area (Å²) in [6.07, 6.45) is 7.95. The smallest absolute Gasteiger partial charge is 0.252 e. The monoisotopic (exact) mass is 475 g/mol. The van der Waals surface area contributed by atoms with Gasteiger partial charge in [0.05, 0.1) is 47.6 Å². The summed E-state index contributed by atoms with van der Waals surface area (Å²) >= 11 is 0. The average Bonchev–Trinajstić information content (AvgIpc) is 3.38. The maximum absolute atomic E-state index is 12.1. The molecular weight excluding hydrogens is 446 g/mol. The van der Waals surface area contributed by atoms with Gasteiger partial charge in [0.2, 0.25) is 10.0 Å². The SMILES string of the molecule is C[C@H]1CN(S(C)(=O)=O)C[C@H]1Nc1c(C(N)=O)cnn2cc(-c3cnn(CC(C)(C)O)c3)cc12. The zero-order valence-corrected chi connectivity index (χ0v) is 19.9. The van der Waals surface area contributed by atoms with Gasteiger partial charge in [-0.05, 0) is 25.8 Å². The minimum Gasteiger partial charge on any atom is -0.389 e. The first-order valence-corrected chi connectivity index (χ1v) is 12.4. The molecule has 0 unspecified atom stereocenters. The van der Waals surface area contributed by atoms with Crippen molar-refractivity contribution >= 4 is 27.1 Å². The van der Waals surface area contributed by atoms with Crippen LogP contribution in [0, 0.1) is 5.92 Å². The van der Waals surface area contributed by atoms with Crippen molar-refractivity contribution in [3.8, 4) is 11.1 Å². The predicted molar refractivity (Wildman–Crippen MR) is 124 cm³/mol. The maximum atomic E-state index is 12.1. The zero-order valence-electron chi connectivity index (χ0n) is 19.1. The predicted octanol–water partition coefficient (Wildman–Crippen LogP) is 0.759. The Hall–Kier alpha value is -2.96. The number of primary amides is 1. The zero-order chi connectivity index (χ0) is 24.1. The Bertz CT molecular complexity index is 1310. The van der Waals surface area contributed by atoms with E-state index in [-0.39, 0.29) is 17.5 Å². The molecule has 178 valence electrons. The van der Waals surface area contributed by atoms with Crippen molar-refractivity contribution < 1.29 is 18.3 Å². The van der Waals surface area contributed by atoms with Gasteiger partial charge in [-0.3, -0.25) is 9.48 Å². The van der Waals surface area contributed by atoms with Crippen molar-refractivity contribution in [2.24, 2.45) is 11.7 Å². The normalized spacial score (nSPS) is 19.9. The van der Waals surface area contributed by atoms with Crippen molar-refractivity contribution in [1.82, 2.24) is 23.7 Å². The number of aliphatic hydroxyl groups is 1. The standard InChI is InChI=1S/C21H29N7O4S/c1-13-8-27(33(4,31)32)11-17(13)25-19-16(20(22)29)7-24-28-10-14(5-18(19)28)15-6-23-26(9-15)12-21(2,3)30/h5-7,9-10,13,17,25,30H,8,11-12H2,1-4H3,(H2,22,29)/t13-,17+/m0/s1. The van der Waals surface area contributed by atoms with E-state index in [1.54, 1.807) is 29.2 Å². The summed E-state index contributed by atoms with van der Waals surface area (Å²) in [5.74, 6) is -0.595. The third-order valence-electron chi connectivity index (χ3n) is 5.80. The van der Waals surface area contributed by atoms with Crippen molar-refractivity contribution in [3.05, 3.63) is 36.4 Å². The van der Waals surface area contributed by atoms with Gasteiger partial charge in [0.15, 0.2) is 0 Å². The van der Waals surface area contributed by atoms with E-state index < -0.39 is 21.5 Å². The lowest BCUT2D eigenvalue weighted by Crippen LogP contribution is -2.32. The maximum Gasteiger partial charge on any atom is 0.252 e. The molecule has 11 nitrogen and oxygen atoms in total. The van der Waals surface area contributed by atoms with Gasteiger partial charge in [0.1, 0.15) is 0 Å². The number of anilines is 1. The van der Waals surface area contributed by atoms with Gasteiger partial charge in [0.25, 0.3) is 5.91 Å². The van der Waals surface area contributed by atoms with Crippen LogP contribution in [0.2, 0.25) is 0 Å². The molecule has 4 rings (SSSR count). The average molecular weight is 476 g/mol. The molecule has 3 aromatic heterocycles. The lowest BCUT2D eigenvalue weighted by molar-refractivity contribution is 0.0577. The Morgan fingerprint density at radius 1 is 1.24 bits per heavy atom. The van der Waals surface area contributed by atoms with E-state index in [2.05, 4.69) is 15.5 Å². The second-order valence-corrected chi connectivity index (χ2v) is 11.4. The van der Waals surface area contributed by atoms with E-state index in [0.717, 1.165) is 11.1 Å². The third kappa shape index (κ3) is 4.87. The first kappa shape index (κ1) is 23.2. The number of sulfonamides is 1. The Kier molecular flexibility index (Phi) is 5.71. The van der Waals surface area contributed by atoms with E-state index in [4.69, 9.17) is 5.73 Å². The molecule has 0 aromatic carbocycles. The number of carbonyl (C=O) groups is 1. The highest BCUT2D eigenvalue weighted by Gasteiger charge is 2.35. The van der Waals surface area contributed by atoms with Gasteiger partial charge in [0, 0.05) is 42.7 Å². The first-order chi connectivity index (χ1) is 15.3. The summed E-state index contributed by atoms with van der Waals surface area (Å²) in [6.45, 7) is 6.42. The summed E-state index contributed by atoms with van der Waals surface area (Å²) < 4.78 is 28.7. The van der Waals surface area contributed by atoms with Crippen LogP contribution in [-0.2, 0) is 16.6 Å². The van der Waals surface area contributed by atoms with Crippen LogP contribution in [-0.4, -0.2) is 74.1 Å². The highest BCUT2D eigenvalue weighted by molar-refractivity contribution is 7.88. The van der Waals surface area contributed by atoms with Crippen LogP contribution in [0.25, 0.3) is 16.6 Å². The van der Waals surface area contributed by atoms with Crippen LogP contribution < -0.4 is 11.1 Å². The Morgan fingerprint density at radius 3 is 2.58 bits per heavy atom. The molecular formula is C21H29N7O4S. The summed E-state index contributed by atoms with van der Waals surface area (Å²) in [4.78, 5) is 12.1. The van der Waals surface area contributed by atoms with Crippen molar-refractivity contribution in [2.45, 2.75) is 39.0 Å². The molecule has 0 aliphatic carbocycles. The Morgan fingerprint density at radius 2 is 1.97 bits per heavy atom. The van der Waals surface area contributed by atoms with Crippen molar-refractivity contribution in [3.63, 3.8) is 0 Å². The third-order valence-corrected chi connectivity index (χ3v) is 7.03. The molecule has 0 radical (unpaired) electrons. The number of fused-ring (bicyclic) bond motifs is 1. The van der Waals surface area contributed by atoms with Crippen molar-refractivity contribution in [2.75, 3.05) is 24.7 Å². The number of nitrogens with one attached hydrogen (secondary N) is 1. The molecule has 2 atom stereocenters. The largest absolute Gasteiger partial charge is 0.389 e. The molecule has 33 heavy (non-hydrogen) atoms. The summed E-state index contributed by atoms with van der Waals surface area (Å²) in [5, 5.41) is 22.0. The molecule has 4 N–H and O–H groups in total. The fraction of sp³-hybridized carbons (Fsp3) is 0.476. The van der Waals surface area contributed by atoms with E-state index in [0.29, 0.717) is 30.8 Å². The van der Waals surface area contributed by atoms with Crippen LogP contribution in [0.5, 0.6) is 0 Å². The van der Waals surface area contributed by atoms with Gasteiger partial charge >= 0.3 is 0 Å². The van der Waals surface area contributed by atoms with Crippen LogP contribution in [0.1, 0.15) is 31.1 Å². The highest BCUT2D eigenvalue weighted by atomic mass is 32.2. The number of nitrogens with zero attached hydrogens (tertiary/aromatic N) is 5. The summed E-state index contributed by atoms with van der Waals surface area (Å²) in [5.41, 5.74) is 7.76. The molecule has 1 amide bonds. The van der Waals surface area contributed by atoms with Gasteiger partial charge in [-0.25, -0.2) is 12.9 Å². The molecule has 1 aliphatic rings. The van der Waals surface area contributed by atoms with Gasteiger partial charge < -0.3 is 16.2 Å². The number of hydrogen-bond donors (Lipinski definition) is 3.